The van der Waals surface area contributed by atoms with Gasteiger partial charge in [0.05, 0.1) is 5.69 Å². The number of para-hydroxylation sites is 1. The van der Waals surface area contributed by atoms with Gasteiger partial charge in [-0.1, -0.05) is 60.7 Å². The molecule has 0 bridgehead atoms. The number of fused-ring (bicyclic) bond motifs is 1. The second-order valence-corrected chi connectivity index (χ2v) is 6.21. The zero-order valence-electron chi connectivity index (χ0n) is 14.7. The minimum Gasteiger partial charge on any atom is -0.488 e. The number of aliphatic imine (C=N–C) groups is 1. The second kappa shape index (κ2) is 7.83. The summed E-state index contributed by atoms with van der Waals surface area (Å²) in [7, 11) is 0. The molecule has 2 nitrogen and oxygen atoms in total. The summed E-state index contributed by atoms with van der Waals surface area (Å²) >= 11 is 0. The van der Waals surface area contributed by atoms with Crippen LogP contribution in [0.2, 0.25) is 0 Å². The van der Waals surface area contributed by atoms with Gasteiger partial charge < -0.3 is 4.74 Å². The van der Waals surface area contributed by atoms with E-state index in [0.717, 1.165) is 33.3 Å². The van der Waals surface area contributed by atoms with E-state index in [1.54, 1.807) is 12.1 Å². The van der Waals surface area contributed by atoms with Gasteiger partial charge >= 0.3 is 0 Å². The van der Waals surface area contributed by atoms with Crippen LogP contribution in [0.4, 0.5) is 10.1 Å². The molecule has 4 rings (SSSR count). The van der Waals surface area contributed by atoms with Gasteiger partial charge in [-0.2, -0.15) is 0 Å². The molecule has 0 saturated carbocycles. The highest BCUT2D eigenvalue weighted by Gasteiger charge is 2.08. The van der Waals surface area contributed by atoms with Gasteiger partial charge in [0.25, 0.3) is 0 Å². The Morgan fingerprint density at radius 2 is 1.52 bits per heavy atom. The van der Waals surface area contributed by atoms with Gasteiger partial charge in [0, 0.05) is 11.8 Å². The van der Waals surface area contributed by atoms with E-state index in [9.17, 15) is 4.39 Å². The third-order valence-electron chi connectivity index (χ3n) is 4.34. The van der Waals surface area contributed by atoms with Crippen LogP contribution >= 0.6 is 0 Å². The Balaban J connectivity index is 1.68. The van der Waals surface area contributed by atoms with Gasteiger partial charge in [0.1, 0.15) is 18.2 Å². The summed E-state index contributed by atoms with van der Waals surface area (Å²) in [6.07, 6.45) is 1.84. The maximum Gasteiger partial charge on any atom is 0.129 e. The molecular formula is C24H18FNO. The first-order valence-corrected chi connectivity index (χ1v) is 8.78. The van der Waals surface area contributed by atoms with Crippen molar-refractivity contribution in [3.63, 3.8) is 0 Å². The van der Waals surface area contributed by atoms with Crippen molar-refractivity contribution < 1.29 is 9.13 Å². The van der Waals surface area contributed by atoms with Crippen molar-refractivity contribution in [3.05, 3.63) is 108 Å². The first-order valence-electron chi connectivity index (χ1n) is 8.78. The largest absolute Gasteiger partial charge is 0.488 e. The van der Waals surface area contributed by atoms with Gasteiger partial charge in [-0.15, -0.1) is 0 Å². The van der Waals surface area contributed by atoms with Crippen molar-refractivity contribution >= 4 is 22.7 Å². The van der Waals surface area contributed by atoms with Crippen molar-refractivity contribution in [2.45, 2.75) is 6.61 Å². The van der Waals surface area contributed by atoms with Crippen molar-refractivity contribution in [3.8, 4) is 5.75 Å². The molecule has 0 radical (unpaired) electrons. The molecule has 0 aliphatic heterocycles. The van der Waals surface area contributed by atoms with Crippen molar-refractivity contribution in [2.75, 3.05) is 0 Å². The van der Waals surface area contributed by atoms with Crippen molar-refractivity contribution in [2.24, 2.45) is 4.99 Å². The van der Waals surface area contributed by atoms with Gasteiger partial charge in [-0.25, -0.2) is 4.39 Å². The Morgan fingerprint density at radius 3 is 2.33 bits per heavy atom. The van der Waals surface area contributed by atoms with E-state index in [-0.39, 0.29) is 5.82 Å². The predicted octanol–water partition coefficient (Wildman–Crippen LogP) is 6.31. The SMILES string of the molecule is Fc1ccc(COc2ccc3ccccc3c2C=Nc2ccccc2)cc1. The molecular weight excluding hydrogens is 337 g/mol. The molecule has 0 heterocycles. The number of hydrogen-bond acceptors (Lipinski definition) is 2. The summed E-state index contributed by atoms with van der Waals surface area (Å²) in [4.78, 5) is 4.60. The van der Waals surface area contributed by atoms with Crippen LogP contribution in [0.15, 0.2) is 96.0 Å². The summed E-state index contributed by atoms with van der Waals surface area (Å²) in [5.74, 6) is 0.498. The lowest BCUT2D eigenvalue weighted by Crippen LogP contribution is -1.99. The fraction of sp³-hybridized carbons (Fsp3) is 0.0417. The van der Waals surface area contributed by atoms with Gasteiger partial charge in [-0.05, 0) is 46.7 Å². The van der Waals surface area contributed by atoms with Crippen LogP contribution in [0.1, 0.15) is 11.1 Å². The molecule has 0 amide bonds. The molecule has 0 N–H and O–H groups in total. The lowest BCUT2D eigenvalue weighted by molar-refractivity contribution is 0.306. The Kier molecular flexibility index (Phi) is 4.93. The number of nitrogens with zero attached hydrogens (tertiary/aromatic N) is 1. The maximum atomic E-state index is 13.1. The molecule has 0 spiro atoms. The van der Waals surface area contributed by atoms with Crippen LogP contribution in [-0.2, 0) is 6.61 Å². The highest BCUT2D eigenvalue weighted by Crippen LogP contribution is 2.28. The first-order chi connectivity index (χ1) is 13.3. The standard InChI is InChI=1S/C24H18FNO/c25-20-13-10-18(11-14-20)17-27-24-15-12-19-6-4-5-9-22(19)23(24)16-26-21-7-2-1-3-8-21/h1-16H,17H2. The molecule has 0 unspecified atom stereocenters. The molecule has 0 saturated heterocycles. The van der Waals surface area contributed by atoms with Gasteiger partial charge in [-0.3, -0.25) is 4.99 Å². The monoisotopic (exact) mass is 355 g/mol. The number of ether oxygens (including phenoxy) is 1. The van der Waals surface area contributed by atoms with Crippen LogP contribution in [0.3, 0.4) is 0 Å². The minimum absolute atomic E-state index is 0.250. The number of halogens is 1. The molecule has 27 heavy (non-hydrogen) atoms. The quantitative estimate of drug-likeness (QED) is 0.385. The van der Waals surface area contributed by atoms with Crippen LogP contribution in [0.5, 0.6) is 5.75 Å². The first kappa shape index (κ1) is 17.0. The fourth-order valence-electron chi connectivity index (χ4n) is 2.93. The average molecular weight is 355 g/mol. The second-order valence-electron chi connectivity index (χ2n) is 6.21. The molecule has 4 aromatic carbocycles. The third-order valence-corrected chi connectivity index (χ3v) is 4.34. The van der Waals surface area contributed by atoms with E-state index in [1.807, 2.05) is 60.8 Å². The Hall–Kier alpha value is -3.46. The normalized spacial score (nSPS) is 11.1. The predicted molar refractivity (Wildman–Crippen MR) is 108 cm³/mol. The fourth-order valence-corrected chi connectivity index (χ4v) is 2.93. The Bertz CT molecular complexity index is 1070. The van der Waals surface area contributed by atoms with E-state index >= 15 is 0 Å². The summed E-state index contributed by atoms with van der Waals surface area (Å²) in [5.41, 5.74) is 2.73. The van der Waals surface area contributed by atoms with Crippen LogP contribution in [-0.4, -0.2) is 6.21 Å². The molecule has 0 aliphatic rings. The van der Waals surface area contributed by atoms with E-state index in [4.69, 9.17) is 4.74 Å². The highest BCUT2D eigenvalue weighted by molar-refractivity contribution is 6.03. The van der Waals surface area contributed by atoms with E-state index in [0.29, 0.717) is 6.61 Å². The van der Waals surface area contributed by atoms with Crippen LogP contribution in [0, 0.1) is 5.82 Å². The zero-order chi connectivity index (χ0) is 18.5. The topological polar surface area (TPSA) is 21.6 Å². The molecule has 4 aromatic rings. The summed E-state index contributed by atoms with van der Waals surface area (Å²) in [5, 5.41) is 2.20. The third kappa shape index (κ3) is 4.04. The van der Waals surface area contributed by atoms with E-state index in [1.165, 1.54) is 12.1 Å². The lowest BCUT2D eigenvalue weighted by Gasteiger charge is -2.12. The molecule has 0 aromatic heterocycles. The number of hydrogen-bond donors (Lipinski definition) is 0. The molecule has 132 valence electrons. The molecule has 0 fully saturated rings. The average Bonchev–Trinajstić information content (AvgIpc) is 2.73. The Labute approximate surface area is 157 Å². The maximum absolute atomic E-state index is 13.1. The summed E-state index contributed by atoms with van der Waals surface area (Å²) in [6.45, 7) is 0.366. The molecule has 0 aliphatic carbocycles. The van der Waals surface area contributed by atoms with Crippen LogP contribution < -0.4 is 4.74 Å². The van der Waals surface area contributed by atoms with Crippen molar-refractivity contribution in [1.29, 1.82) is 0 Å². The minimum atomic E-state index is -0.250. The van der Waals surface area contributed by atoms with Crippen molar-refractivity contribution in [1.82, 2.24) is 0 Å². The lowest BCUT2D eigenvalue weighted by atomic mass is 10.0. The van der Waals surface area contributed by atoms with Gasteiger partial charge in [0.15, 0.2) is 0 Å². The van der Waals surface area contributed by atoms with E-state index in [2.05, 4.69) is 17.1 Å². The highest BCUT2D eigenvalue weighted by atomic mass is 19.1. The summed E-state index contributed by atoms with van der Waals surface area (Å²) < 4.78 is 19.1. The zero-order valence-corrected chi connectivity index (χ0v) is 14.7. The number of rotatable bonds is 5. The molecule has 0 atom stereocenters. The summed E-state index contributed by atoms with van der Waals surface area (Å²) in [6, 6.07) is 28.3. The van der Waals surface area contributed by atoms with Crippen LogP contribution in [0.25, 0.3) is 10.8 Å². The number of benzene rings is 4. The molecule has 3 heteroatoms. The Morgan fingerprint density at radius 1 is 0.778 bits per heavy atom. The van der Waals surface area contributed by atoms with E-state index < -0.39 is 0 Å². The van der Waals surface area contributed by atoms with Gasteiger partial charge in [0.2, 0.25) is 0 Å². The smallest absolute Gasteiger partial charge is 0.129 e.